The van der Waals surface area contributed by atoms with Gasteiger partial charge in [-0.1, -0.05) is 23.9 Å². The van der Waals surface area contributed by atoms with Crippen LogP contribution in [0.25, 0.3) is 10.2 Å². The molecule has 0 spiro atoms. The molecule has 0 radical (unpaired) electrons. The molecule has 2 aromatic rings. The molecule has 0 unspecified atom stereocenters. The first-order chi connectivity index (χ1) is 7.33. The zero-order valence-corrected chi connectivity index (χ0v) is 9.27. The molecule has 0 atom stereocenters. The minimum absolute atomic E-state index is 0.0609. The van der Waals surface area contributed by atoms with Gasteiger partial charge in [0, 0.05) is 0 Å². The zero-order chi connectivity index (χ0) is 10.3. The maximum Gasteiger partial charge on any atom is 0.257 e. The topological polar surface area (TPSA) is 42.3 Å². The summed E-state index contributed by atoms with van der Waals surface area (Å²) in [5, 5.41) is 1.62. The third-order valence-corrected chi connectivity index (χ3v) is 4.16. The minimum atomic E-state index is -0.0609. The van der Waals surface area contributed by atoms with Crippen molar-refractivity contribution in [3.63, 3.8) is 0 Å². The van der Waals surface area contributed by atoms with Gasteiger partial charge in [-0.25, -0.2) is 9.98 Å². The van der Waals surface area contributed by atoms with Gasteiger partial charge in [-0.15, -0.1) is 11.3 Å². The Morgan fingerprint density at radius 2 is 2.13 bits per heavy atom. The van der Waals surface area contributed by atoms with Crippen LogP contribution in [0.3, 0.4) is 0 Å². The molecule has 1 aromatic carbocycles. The van der Waals surface area contributed by atoms with Crippen molar-refractivity contribution in [3.8, 4) is 0 Å². The number of para-hydroxylation sites is 1. The highest BCUT2D eigenvalue weighted by Gasteiger charge is 2.19. The number of rotatable bonds is 1. The second-order valence-corrected chi connectivity index (χ2v) is 5.08. The summed E-state index contributed by atoms with van der Waals surface area (Å²) in [6.45, 7) is 0. The van der Waals surface area contributed by atoms with Crippen molar-refractivity contribution < 1.29 is 4.79 Å². The van der Waals surface area contributed by atoms with Crippen LogP contribution in [0, 0.1) is 0 Å². The molecule has 15 heavy (non-hydrogen) atoms. The Hall–Kier alpha value is -1.20. The van der Waals surface area contributed by atoms with Gasteiger partial charge in [0.05, 0.1) is 16.0 Å². The third-order valence-electron chi connectivity index (χ3n) is 2.04. The fourth-order valence-corrected chi connectivity index (χ4v) is 3.19. The van der Waals surface area contributed by atoms with E-state index in [9.17, 15) is 4.79 Å². The first-order valence-electron chi connectivity index (χ1n) is 4.43. The Bertz CT molecular complexity index is 541. The average molecular weight is 234 g/mol. The van der Waals surface area contributed by atoms with Crippen LogP contribution in [0.15, 0.2) is 29.3 Å². The Morgan fingerprint density at radius 1 is 1.27 bits per heavy atom. The number of benzene rings is 1. The standard InChI is InChI=1S/C10H6N2OS2/c13-8-5-14-9(12-8)10-11-6-3-1-2-4-7(6)15-10/h1-4H,5H2. The van der Waals surface area contributed by atoms with E-state index in [1.165, 1.54) is 11.8 Å². The summed E-state index contributed by atoms with van der Waals surface area (Å²) in [5.74, 6) is 0.389. The minimum Gasteiger partial charge on any atom is -0.272 e. The molecule has 3 rings (SSSR count). The van der Waals surface area contributed by atoms with Crippen molar-refractivity contribution in [2.24, 2.45) is 4.99 Å². The van der Waals surface area contributed by atoms with Crippen LogP contribution in [0.5, 0.6) is 0 Å². The summed E-state index contributed by atoms with van der Waals surface area (Å²) >= 11 is 3.05. The van der Waals surface area contributed by atoms with Crippen LogP contribution >= 0.6 is 23.1 Å². The molecule has 1 aromatic heterocycles. The van der Waals surface area contributed by atoms with E-state index in [-0.39, 0.29) is 5.91 Å². The molecule has 1 amide bonds. The number of hydrogen-bond acceptors (Lipinski definition) is 4. The quantitative estimate of drug-likeness (QED) is 0.760. The molecule has 2 heterocycles. The fraction of sp³-hybridized carbons (Fsp3) is 0.100. The maximum atomic E-state index is 11.0. The first kappa shape index (κ1) is 9.06. The zero-order valence-electron chi connectivity index (χ0n) is 7.64. The lowest BCUT2D eigenvalue weighted by atomic mass is 10.3. The Morgan fingerprint density at radius 3 is 2.87 bits per heavy atom. The van der Waals surface area contributed by atoms with E-state index in [0.29, 0.717) is 5.75 Å². The van der Waals surface area contributed by atoms with Crippen LogP contribution in [-0.2, 0) is 4.79 Å². The molecule has 0 aliphatic carbocycles. The highest BCUT2D eigenvalue weighted by molar-refractivity contribution is 8.15. The molecular weight excluding hydrogens is 228 g/mol. The largest absolute Gasteiger partial charge is 0.272 e. The summed E-state index contributed by atoms with van der Waals surface area (Å²) in [4.78, 5) is 19.4. The van der Waals surface area contributed by atoms with Crippen molar-refractivity contribution in [2.75, 3.05) is 5.75 Å². The summed E-state index contributed by atoms with van der Waals surface area (Å²) in [5.41, 5.74) is 0.972. The Labute approximate surface area is 94.2 Å². The number of aromatic nitrogens is 1. The lowest BCUT2D eigenvalue weighted by Crippen LogP contribution is -1.89. The predicted octanol–water partition coefficient (Wildman–Crippen LogP) is 2.32. The summed E-state index contributed by atoms with van der Waals surface area (Å²) in [6.07, 6.45) is 0. The van der Waals surface area contributed by atoms with E-state index in [1.807, 2.05) is 24.3 Å². The van der Waals surface area contributed by atoms with E-state index in [1.54, 1.807) is 11.3 Å². The molecule has 1 aliphatic heterocycles. The van der Waals surface area contributed by atoms with Crippen LogP contribution < -0.4 is 0 Å². The van der Waals surface area contributed by atoms with Crippen molar-refractivity contribution in [2.45, 2.75) is 0 Å². The number of amides is 1. The number of nitrogens with zero attached hydrogens (tertiary/aromatic N) is 2. The molecule has 3 nitrogen and oxygen atoms in total. The van der Waals surface area contributed by atoms with Crippen LogP contribution in [0.4, 0.5) is 0 Å². The SMILES string of the molecule is O=C1CSC(c2nc3ccccc3s2)=N1. The maximum absolute atomic E-state index is 11.0. The van der Waals surface area contributed by atoms with E-state index in [2.05, 4.69) is 9.98 Å². The smallest absolute Gasteiger partial charge is 0.257 e. The summed E-state index contributed by atoms with van der Waals surface area (Å²) in [6, 6.07) is 7.94. The fourth-order valence-electron chi connectivity index (χ4n) is 1.38. The second-order valence-electron chi connectivity index (χ2n) is 3.09. The molecule has 0 bridgehead atoms. The van der Waals surface area contributed by atoms with E-state index >= 15 is 0 Å². The summed E-state index contributed by atoms with van der Waals surface area (Å²) in [7, 11) is 0. The third kappa shape index (κ3) is 1.57. The number of thioether (sulfide) groups is 1. The first-order valence-corrected chi connectivity index (χ1v) is 6.23. The molecule has 0 saturated heterocycles. The average Bonchev–Trinajstić information content (AvgIpc) is 2.82. The molecule has 0 saturated carbocycles. The van der Waals surface area contributed by atoms with Gasteiger partial charge in [0.15, 0.2) is 0 Å². The predicted molar refractivity (Wildman–Crippen MR) is 63.6 cm³/mol. The number of carbonyl (C=O) groups is 1. The van der Waals surface area contributed by atoms with Crippen LogP contribution in [0.2, 0.25) is 0 Å². The lowest BCUT2D eigenvalue weighted by Gasteiger charge is -1.87. The number of carbonyl (C=O) groups excluding carboxylic acids is 1. The number of aliphatic imine (C=N–C) groups is 1. The van der Waals surface area contributed by atoms with Gasteiger partial charge in [0.2, 0.25) is 0 Å². The highest BCUT2D eigenvalue weighted by Crippen LogP contribution is 2.27. The molecule has 1 aliphatic rings. The molecule has 74 valence electrons. The number of thiazole rings is 1. The van der Waals surface area contributed by atoms with Crippen molar-refractivity contribution in [1.29, 1.82) is 0 Å². The number of fused-ring (bicyclic) bond motifs is 1. The van der Waals surface area contributed by atoms with Crippen molar-refractivity contribution in [3.05, 3.63) is 29.3 Å². The van der Waals surface area contributed by atoms with Crippen molar-refractivity contribution >= 4 is 44.3 Å². The molecule has 0 N–H and O–H groups in total. The highest BCUT2D eigenvalue weighted by atomic mass is 32.2. The van der Waals surface area contributed by atoms with E-state index < -0.39 is 0 Å². The molecule has 0 fully saturated rings. The van der Waals surface area contributed by atoms with Gasteiger partial charge in [0.25, 0.3) is 5.91 Å². The van der Waals surface area contributed by atoms with Gasteiger partial charge in [-0.05, 0) is 12.1 Å². The van der Waals surface area contributed by atoms with Gasteiger partial charge >= 0.3 is 0 Å². The van der Waals surface area contributed by atoms with Crippen molar-refractivity contribution in [1.82, 2.24) is 4.98 Å². The van der Waals surface area contributed by atoms with E-state index in [0.717, 1.165) is 20.3 Å². The van der Waals surface area contributed by atoms with Crippen LogP contribution in [-0.4, -0.2) is 21.7 Å². The van der Waals surface area contributed by atoms with Gasteiger partial charge in [0.1, 0.15) is 10.1 Å². The normalized spacial score (nSPS) is 16.0. The second kappa shape index (κ2) is 3.43. The number of hydrogen-bond donors (Lipinski definition) is 0. The van der Waals surface area contributed by atoms with E-state index in [4.69, 9.17) is 0 Å². The lowest BCUT2D eigenvalue weighted by molar-refractivity contribution is -0.115. The van der Waals surface area contributed by atoms with Gasteiger partial charge in [-0.3, -0.25) is 4.79 Å². The van der Waals surface area contributed by atoms with Gasteiger partial charge < -0.3 is 0 Å². The van der Waals surface area contributed by atoms with Crippen LogP contribution in [0.1, 0.15) is 5.01 Å². The monoisotopic (exact) mass is 234 g/mol. The molecule has 5 heteroatoms. The van der Waals surface area contributed by atoms with Gasteiger partial charge in [-0.2, -0.15) is 0 Å². The summed E-state index contributed by atoms with van der Waals surface area (Å²) < 4.78 is 1.13. The Balaban J connectivity index is 2.12. The molecular formula is C10H6N2OS2. The Kier molecular flexibility index (Phi) is 2.07.